The number of aromatic nitrogens is 1. The van der Waals surface area contributed by atoms with E-state index in [2.05, 4.69) is 4.98 Å². The zero-order chi connectivity index (χ0) is 15.5. The fraction of sp³-hybridized carbons (Fsp3) is 0.412. The Balaban J connectivity index is 2.12. The number of hydrogen-bond donors (Lipinski definition) is 2. The molecule has 1 aromatic heterocycles. The second-order valence-corrected chi connectivity index (χ2v) is 5.71. The summed E-state index contributed by atoms with van der Waals surface area (Å²) in [4.78, 5) is 29.5. The zero-order valence-electron chi connectivity index (χ0n) is 12.8. The van der Waals surface area contributed by atoms with Gasteiger partial charge in [-0.2, -0.15) is 0 Å². The molecule has 1 aromatic carbocycles. The Kier molecular flexibility index (Phi) is 4.24. The van der Waals surface area contributed by atoms with Crippen molar-refractivity contribution in [1.82, 2.24) is 4.98 Å². The van der Waals surface area contributed by atoms with Gasteiger partial charge in [0.2, 0.25) is 0 Å². The lowest BCUT2D eigenvalue weighted by Gasteiger charge is -2.15. The van der Waals surface area contributed by atoms with Gasteiger partial charge in [0, 0.05) is 23.7 Å². The smallest absolute Gasteiger partial charge is 0.355 e. The maximum Gasteiger partial charge on any atom is 0.355 e. The van der Waals surface area contributed by atoms with Crippen LogP contribution in [0.4, 0.5) is 0 Å². The van der Waals surface area contributed by atoms with Crippen LogP contribution in [0.1, 0.15) is 35.8 Å². The van der Waals surface area contributed by atoms with Crippen LogP contribution in [0.3, 0.4) is 0 Å². The highest BCUT2D eigenvalue weighted by atomic mass is 16.5. The number of rotatable bonds is 4. The molecule has 2 heterocycles. The number of esters is 1. The average Bonchev–Trinajstić information content (AvgIpc) is 3.03. The van der Waals surface area contributed by atoms with Crippen LogP contribution in [-0.4, -0.2) is 30.6 Å². The molecule has 0 amide bonds. The van der Waals surface area contributed by atoms with E-state index in [-0.39, 0.29) is 5.43 Å². The summed E-state index contributed by atoms with van der Waals surface area (Å²) in [6.45, 7) is 4.74. The van der Waals surface area contributed by atoms with Crippen molar-refractivity contribution in [2.75, 3.05) is 19.7 Å². The van der Waals surface area contributed by atoms with Gasteiger partial charge >= 0.3 is 5.97 Å². The molecule has 1 saturated heterocycles. The normalized spacial score (nSPS) is 15.3. The lowest BCUT2D eigenvalue weighted by Crippen LogP contribution is -3.08. The molecule has 5 nitrogen and oxygen atoms in total. The number of benzene rings is 1. The first-order chi connectivity index (χ1) is 10.7. The number of H-pyrrole nitrogens is 1. The number of fused-ring (bicyclic) bond motifs is 1. The number of pyridine rings is 1. The van der Waals surface area contributed by atoms with E-state index in [9.17, 15) is 9.59 Å². The molecule has 0 bridgehead atoms. The fourth-order valence-corrected chi connectivity index (χ4v) is 3.12. The van der Waals surface area contributed by atoms with Crippen LogP contribution >= 0.6 is 0 Å². The second kappa shape index (κ2) is 6.32. The minimum absolute atomic E-state index is 0.0585. The fourth-order valence-electron chi connectivity index (χ4n) is 3.12. The van der Waals surface area contributed by atoms with E-state index in [1.165, 1.54) is 17.7 Å². The number of quaternary nitrogens is 1. The van der Waals surface area contributed by atoms with Crippen molar-refractivity contribution >= 4 is 16.9 Å². The van der Waals surface area contributed by atoms with Gasteiger partial charge in [-0.1, -0.05) is 12.1 Å². The molecule has 1 fully saturated rings. The molecule has 0 aliphatic carbocycles. The molecule has 3 rings (SSSR count). The largest absolute Gasteiger partial charge is 0.461 e. The first-order valence-electron chi connectivity index (χ1n) is 7.85. The number of likely N-dealkylation sites (tertiary alicyclic amines) is 1. The number of carbonyl (C=O) groups is 1. The minimum atomic E-state index is -0.445. The SMILES string of the molecule is CCOC(=O)c1[nH]c2ccccc2c(=O)c1C[NH+]1CCCC1. The first kappa shape index (κ1) is 14.8. The van der Waals surface area contributed by atoms with Gasteiger partial charge in [0.15, 0.2) is 5.43 Å². The highest BCUT2D eigenvalue weighted by Crippen LogP contribution is 2.12. The molecule has 0 spiro atoms. The van der Waals surface area contributed by atoms with E-state index in [0.717, 1.165) is 13.1 Å². The monoisotopic (exact) mass is 301 g/mol. The van der Waals surface area contributed by atoms with E-state index < -0.39 is 5.97 Å². The molecule has 2 aromatic rings. The summed E-state index contributed by atoms with van der Waals surface area (Å²) in [6.07, 6.45) is 2.35. The first-order valence-corrected chi connectivity index (χ1v) is 7.85. The second-order valence-electron chi connectivity index (χ2n) is 5.71. The molecule has 2 N–H and O–H groups in total. The summed E-state index contributed by atoms with van der Waals surface area (Å²) in [7, 11) is 0. The number of ether oxygens (including phenoxy) is 1. The molecule has 0 atom stereocenters. The number of aromatic amines is 1. The topological polar surface area (TPSA) is 63.6 Å². The van der Waals surface area contributed by atoms with Gasteiger partial charge < -0.3 is 14.6 Å². The van der Waals surface area contributed by atoms with Crippen molar-refractivity contribution in [3.63, 3.8) is 0 Å². The van der Waals surface area contributed by atoms with Crippen LogP contribution in [-0.2, 0) is 11.3 Å². The lowest BCUT2D eigenvalue weighted by atomic mass is 10.1. The average molecular weight is 301 g/mol. The third kappa shape index (κ3) is 2.76. The Labute approximate surface area is 128 Å². The highest BCUT2D eigenvalue weighted by Gasteiger charge is 2.24. The molecule has 0 radical (unpaired) electrons. The van der Waals surface area contributed by atoms with Crippen molar-refractivity contribution in [3.8, 4) is 0 Å². The summed E-state index contributed by atoms with van der Waals surface area (Å²) in [5, 5.41) is 0.629. The summed E-state index contributed by atoms with van der Waals surface area (Å²) >= 11 is 0. The van der Waals surface area contributed by atoms with E-state index in [1.54, 1.807) is 13.0 Å². The zero-order valence-corrected chi connectivity index (χ0v) is 12.8. The van der Waals surface area contributed by atoms with E-state index in [4.69, 9.17) is 4.74 Å². The van der Waals surface area contributed by atoms with E-state index in [1.807, 2.05) is 18.2 Å². The molecule has 5 heteroatoms. The standard InChI is InChI=1S/C17H20N2O3/c1-2-22-17(21)15-13(11-19-9-5-6-10-19)16(20)12-7-3-4-8-14(12)18-15/h3-4,7-8H,2,5-6,9-11H2,1H3,(H,18,20)/p+1. The van der Waals surface area contributed by atoms with Gasteiger partial charge in [0.1, 0.15) is 12.2 Å². The van der Waals surface area contributed by atoms with Crippen LogP contribution < -0.4 is 10.3 Å². The maximum absolute atomic E-state index is 12.8. The Morgan fingerprint density at radius 3 is 2.73 bits per heavy atom. The van der Waals surface area contributed by atoms with Crippen molar-refractivity contribution in [1.29, 1.82) is 0 Å². The number of hydrogen-bond acceptors (Lipinski definition) is 3. The summed E-state index contributed by atoms with van der Waals surface area (Å²) in [5.41, 5.74) is 1.48. The van der Waals surface area contributed by atoms with Gasteiger partial charge in [-0.25, -0.2) is 4.79 Å². The maximum atomic E-state index is 12.8. The Bertz CT molecular complexity index is 745. The van der Waals surface area contributed by atoms with Crippen LogP contribution in [0, 0.1) is 0 Å². The van der Waals surface area contributed by atoms with Crippen molar-refractivity contribution < 1.29 is 14.4 Å². The van der Waals surface area contributed by atoms with Crippen molar-refractivity contribution in [2.45, 2.75) is 26.3 Å². The molecule has 0 saturated carbocycles. The van der Waals surface area contributed by atoms with E-state index in [0.29, 0.717) is 35.3 Å². The van der Waals surface area contributed by atoms with Gasteiger partial charge in [-0.3, -0.25) is 4.79 Å². The Morgan fingerprint density at radius 2 is 2.00 bits per heavy atom. The highest BCUT2D eigenvalue weighted by molar-refractivity contribution is 5.92. The predicted octanol–water partition coefficient (Wildman–Crippen LogP) is 0.883. The van der Waals surface area contributed by atoms with Gasteiger partial charge in [-0.05, 0) is 19.1 Å². The molecule has 116 valence electrons. The van der Waals surface area contributed by atoms with Gasteiger partial charge in [0.05, 0.1) is 25.3 Å². The van der Waals surface area contributed by atoms with Crippen molar-refractivity contribution in [2.24, 2.45) is 0 Å². The van der Waals surface area contributed by atoms with Crippen LogP contribution in [0.2, 0.25) is 0 Å². The van der Waals surface area contributed by atoms with Crippen LogP contribution in [0.15, 0.2) is 29.1 Å². The third-order valence-electron chi connectivity index (χ3n) is 4.22. The number of carbonyl (C=O) groups excluding carboxylic acids is 1. The molecule has 1 aliphatic heterocycles. The molecular formula is C17H21N2O3+. The summed E-state index contributed by atoms with van der Waals surface area (Å²) < 4.78 is 5.12. The third-order valence-corrected chi connectivity index (χ3v) is 4.22. The summed E-state index contributed by atoms with van der Waals surface area (Å²) in [5.74, 6) is -0.445. The number of para-hydroxylation sites is 1. The molecule has 1 aliphatic rings. The lowest BCUT2D eigenvalue weighted by molar-refractivity contribution is -0.901. The Morgan fingerprint density at radius 1 is 1.27 bits per heavy atom. The van der Waals surface area contributed by atoms with Crippen LogP contribution in [0.5, 0.6) is 0 Å². The van der Waals surface area contributed by atoms with Crippen LogP contribution in [0.25, 0.3) is 10.9 Å². The van der Waals surface area contributed by atoms with Crippen molar-refractivity contribution in [3.05, 3.63) is 45.7 Å². The minimum Gasteiger partial charge on any atom is -0.461 e. The molecule has 0 unspecified atom stereocenters. The van der Waals surface area contributed by atoms with E-state index >= 15 is 0 Å². The molecular weight excluding hydrogens is 280 g/mol. The number of nitrogens with one attached hydrogen (secondary N) is 2. The predicted molar refractivity (Wildman–Crippen MR) is 84.2 cm³/mol. The quantitative estimate of drug-likeness (QED) is 0.824. The molecule has 22 heavy (non-hydrogen) atoms. The summed E-state index contributed by atoms with van der Waals surface area (Å²) in [6, 6.07) is 7.30. The van der Waals surface area contributed by atoms with Gasteiger partial charge in [-0.15, -0.1) is 0 Å². The van der Waals surface area contributed by atoms with Gasteiger partial charge in [0.25, 0.3) is 0 Å². The Hall–Kier alpha value is -2.14.